The molecule has 0 N–H and O–H groups in total. The van der Waals surface area contributed by atoms with Gasteiger partial charge in [-0.2, -0.15) is 5.10 Å². The van der Waals surface area contributed by atoms with Crippen molar-refractivity contribution in [2.24, 2.45) is 0 Å². The van der Waals surface area contributed by atoms with Gasteiger partial charge in [0.05, 0.1) is 6.04 Å². The first-order chi connectivity index (χ1) is 6.90. The Bertz CT molecular complexity index is 435. The number of rotatable bonds is 4. The van der Waals surface area contributed by atoms with Crippen LogP contribution in [0.1, 0.15) is 38.4 Å². The Labute approximate surface area is 94.7 Å². The molecule has 0 saturated carbocycles. The summed E-state index contributed by atoms with van der Waals surface area (Å²) in [4.78, 5) is 0. The predicted octanol–water partition coefficient (Wildman–Crippen LogP) is 2.48. The summed E-state index contributed by atoms with van der Waals surface area (Å²) in [5.41, 5.74) is 0.822. The zero-order valence-electron chi connectivity index (χ0n) is 9.07. The van der Waals surface area contributed by atoms with Gasteiger partial charge in [0, 0.05) is 16.4 Å². The zero-order chi connectivity index (χ0) is 11.6. The molecule has 86 valence electrons. The van der Waals surface area contributed by atoms with E-state index in [0.717, 1.165) is 18.5 Å². The van der Waals surface area contributed by atoms with E-state index >= 15 is 0 Å². The number of aromatic nitrogens is 2. The maximum absolute atomic E-state index is 11.1. The summed E-state index contributed by atoms with van der Waals surface area (Å²) in [5.74, 6) is 0. The van der Waals surface area contributed by atoms with Gasteiger partial charge in [0.25, 0.3) is 9.05 Å². The van der Waals surface area contributed by atoms with Crippen molar-refractivity contribution in [3.8, 4) is 0 Å². The van der Waals surface area contributed by atoms with Crippen molar-refractivity contribution in [2.45, 2.75) is 44.7 Å². The summed E-state index contributed by atoms with van der Waals surface area (Å²) in [5, 5.41) is 3.96. The fraction of sp³-hybridized carbons (Fsp3) is 0.667. The van der Waals surface area contributed by atoms with Crippen LogP contribution in [-0.4, -0.2) is 18.2 Å². The largest absolute Gasteiger partial charge is 0.280 e. The molecule has 1 rings (SSSR count). The number of nitrogens with zero attached hydrogens (tertiary/aromatic N) is 2. The highest BCUT2D eigenvalue weighted by Gasteiger charge is 2.18. The maximum atomic E-state index is 11.1. The van der Waals surface area contributed by atoms with Crippen molar-refractivity contribution >= 4 is 19.7 Å². The Hall–Kier alpha value is -0.550. The third-order valence-corrected chi connectivity index (χ3v) is 3.61. The Morgan fingerprint density at radius 3 is 2.33 bits per heavy atom. The molecule has 0 radical (unpaired) electrons. The second-order valence-corrected chi connectivity index (χ2v) is 5.99. The first kappa shape index (κ1) is 12.5. The summed E-state index contributed by atoms with van der Waals surface area (Å²) in [6, 6.07) is 1.73. The molecule has 1 aromatic heterocycles. The molecule has 1 aromatic rings. The van der Waals surface area contributed by atoms with Crippen molar-refractivity contribution in [3.05, 3.63) is 11.8 Å². The first-order valence-electron chi connectivity index (χ1n) is 4.91. The predicted molar refractivity (Wildman–Crippen MR) is 59.6 cm³/mol. The Morgan fingerprint density at radius 1 is 1.47 bits per heavy atom. The lowest BCUT2D eigenvalue weighted by molar-refractivity contribution is 0.413. The van der Waals surface area contributed by atoms with Crippen LogP contribution in [0.4, 0.5) is 0 Å². The molecule has 0 amide bonds. The van der Waals surface area contributed by atoms with Crippen molar-refractivity contribution in [1.29, 1.82) is 0 Å². The van der Waals surface area contributed by atoms with Crippen molar-refractivity contribution in [1.82, 2.24) is 9.78 Å². The third-order valence-electron chi connectivity index (χ3n) is 2.44. The highest BCUT2D eigenvalue weighted by molar-refractivity contribution is 8.13. The van der Waals surface area contributed by atoms with Crippen LogP contribution in [0.25, 0.3) is 0 Å². The minimum atomic E-state index is -3.71. The number of halogens is 1. The van der Waals surface area contributed by atoms with E-state index in [9.17, 15) is 8.42 Å². The Balaban J connectivity index is 3.17. The lowest BCUT2D eigenvalue weighted by Gasteiger charge is -2.14. The van der Waals surface area contributed by atoms with E-state index in [4.69, 9.17) is 10.7 Å². The molecular weight excluding hydrogens is 236 g/mol. The second kappa shape index (κ2) is 4.53. The van der Waals surface area contributed by atoms with E-state index in [0.29, 0.717) is 0 Å². The average molecular weight is 251 g/mol. The van der Waals surface area contributed by atoms with Gasteiger partial charge in [-0.15, -0.1) is 0 Å². The van der Waals surface area contributed by atoms with Crippen molar-refractivity contribution in [2.75, 3.05) is 0 Å². The fourth-order valence-corrected chi connectivity index (χ4v) is 2.31. The molecule has 0 bridgehead atoms. The Kier molecular flexibility index (Phi) is 3.78. The standard InChI is InChI=1S/C9H15ClN2O2S/c1-4-8(5-2)12-7(3)6-9(11-12)15(10,13)14/h6,8H,4-5H2,1-3H3. The van der Waals surface area contributed by atoms with E-state index in [-0.39, 0.29) is 11.1 Å². The van der Waals surface area contributed by atoms with Crippen LogP contribution in [0.3, 0.4) is 0 Å². The molecule has 0 aliphatic carbocycles. The summed E-state index contributed by atoms with van der Waals surface area (Å²) < 4.78 is 23.9. The molecule has 0 unspecified atom stereocenters. The summed E-state index contributed by atoms with van der Waals surface area (Å²) in [7, 11) is 1.52. The minimum Gasteiger partial charge on any atom is -0.265 e. The van der Waals surface area contributed by atoms with Crippen LogP contribution in [-0.2, 0) is 9.05 Å². The number of hydrogen-bond donors (Lipinski definition) is 0. The van der Waals surface area contributed by atoms with Crippen molar-refractivity contribution in [3.63, 3.8) is 0 Å². The van der Waals surface area contributed by atoms with Gasteiger partial charge in [-0.3, -0.25) is 4.68 Å². The molecule has 0 saturated heterocycles. The first-order valence-corrected chi connectivity index (χ1v) is 7.21. The SMILES string of the molecule is CCC(CC)n1nc(S(=O)(=O)Cl)cc1C. The van der Waals surface area contributed by atoms with E-state index in [1.54, 1.807) is 4.68 Å². The smallest absolute Gasteiger partial charge is 0.265 e. The second-order valence-electron chi connectivity index (χ2n) is 3.48. The monoisotopic (exact) mass is 250 g/mol. The molecule has 0 aliphatic rings. The highest BCUT2D eigenvalue weighted by Crippen LogP contribution is 2.21. The lowest BCUT2D eigenvalue weighted by atomic mass is 10.2. The highest BCUT2D eigenvalue weighted by atomic mass is 35.7. The summed E-state index contributed by atoms with van der Waals surface area (Å²) in [6.07, 6.45) is 1.83. The zero-order valence-corrected chi connectivity index (χ0v) is 10.6. The quantitative estimate of drug-likeness (QED) is 0.772. The Morgan fingerprint density at radius 2 is 2.00 bits per heavy atom. The van der Waals surface area contributed by atoms with Crippen molar-refractivity contribution < 1.29 is 8.42 Å². The fourth-order valence-electron chi connectivity index (χ4n) is 1.58. The maximum Gasteiger partial charge on any atom is 0.280 e. The molecule has 1 heterocycles. The van der Waals surface area contributed by atoms with Crippen LogP contribution < -0.4 is 0 Å². The van der Waals surface area contributed by atoms with Crippen LogP contribution in [0.2, 0.25) is 0 Å². The molecule has 0 spiro atoms. The lowest BCUT2D eigenvalue weighted by Crippen LogP contribution is -2.10. The topological polar surface area (TPSA) is 52.0 Å². The molecule has 15 heavy (non-hydrogen) atoms. The van der Waals surface area contributed by atoms with E-state index in [1.807, 2.05) is 20.8 Å². The molecule has 0 fully saturated rings. The summed E-state index contributed by atoms with van der Waals surface area (Å²) in [6.45, 7) is 5.92. The third kappa shape index (κ3) is 2.72. The van der Waals surface area contributed by atoms with E-state index < -0.39 is 9.05 Å². The minimum absolute atomic E-state index is 0.0615. The van der Waals surface area contributed by atoms with Gasteiger partial charge in [-0.1, -0.05) is 13.8 Å². The molecular formula is C9H15ClN2O2S. The van der Waals surface area contributed by atoms with Crippen LogP contribution in [0.5, 0.6) is 0 Å². The molecule has 6 heteroatoms. The van der Waals surface area contributed by atoms with Gasteiger partial charge in [0.1, 0.15) is 0 Å². The van der Waals surface area contributed by atoms with Gasteiger partial charge < -0.3 is 0 Å². The average Bonchev–Trinajstić information content (AvgIpc) is 2.50. The van der Waals surface area contributed by atoms with Gasteiger partial charge in [-0.25, -0.2) is 8.42 Å². The number of aryl methyl sites for hydroxylation is 1. The van der Waals surface area contributed by atoms with Crippen LogP contribution in [0, 0.1) is 6.92 Å². The normalized spacial score (nSPS) is 12.3. The van der Waals surface area contributed by atoms with E-state index in [1.165, 1.54) is 6.07 Å². The number of hydrogen-bond acceptors (Lipinski definition) is 3. The van der Waals surface area contributed by atoms with Gasteiger partial charge >= 0.3 is 0 Å². The molecule has 0 atom stereocenters. The molecule has 0 aromatic carbocycles. The van der Waals surface area contributed by atoms with Crippen LogP contribution in [0.15, 0.2) is 11.1 Å². The summed E-state index contributed by atoms with van der Waals surface area (Å²) >= 11 is 0. The molecule has 4 nitrogen and oxygen atoms in total. The van der Waals surface area contributed by atoms with Gasteiger partial charge in [0.15, 0.2) is 5.03 Å². The van der Waals surface area contributed by atoms with Crippen LogP contribution >= 0.6 is 10.7 Å². The molecule has 0 aliphatic heterocycles. The van der Waals surface area contributed by atoms with Gasteiger partial charge in [-0.05, 0) is 25.8 Å². The van der Waals surface area contributed by atoms with E-state index in [2.05, 4.69) is 5.10 Å². The van der Waals surface area contributed by atoms with Gasteiger partial charge in [0.2, 0.25) is 0 Å².